The lowest BCUT2D eigenvalue weighted by Gasteiger charge is -2.27. The lowest BCUT2D eigenvalue weighted by Crippen LogP contribution is -2.32. The van der Waals surface area contributed by atoms with Crippen molar-refractivity contribution < 1.29 is 14.7 Å². The van der Waals surface area contributed by atoms with Crippen LogP contribution in [0.25, 0.3) is 0 Å². The maximum Gasteiger partial charge on any atom is 0.307 e. The molecule has 1 fully saturated rings. The van der Waals surface area contributed by atoms with E-state index in [1.807, 2.05) is 30.5 Å². The highest BCUT2D eigenvalue weighted by molar-refractivity contribution is 7.98. The van der Waals surface area contributed by atoms with Crippen molar-refractivity contribution in [2.24, 2.45) is 11.8 Å². The van der Waals surface area contributed by atoms with Crippen LogP contribution < -0.4 is 0 Å². The van der Waals surface area contributed by atoms with Crippen LogP contribution >= 0.6 is 11.8 Å². The molecule has 1 aliphatic rings. The van der Waals surface area contributed by atoms with E-state index in [1.165, 1.54) is 11.8 Å². The number of ketones is 1. The van der Waals surface area contributed by atoms with E-state index in [-0.39, 0.29) is 11.7 Å². The maximum absolute atomic E-state index is 12.6. The van der Waals surface area contributed by atoms with Gasteiger partial charge in [-0.1, -0.05) is 31.0 Å². The molecule has 0 spiro atoms. The van der Waals surface area contributed by atoms with Crippen LogP contribution in [0.4, 0.5) is 0 Å². The van der Waals surface area contributed by atoms with Gasteiger partial charge in [0.2, 0.25) is 0 Å². The van der Waals surface area contributed by atoms with Gasteiger partial charge in [0.1, 0.15) is 0 Å². The van der Waals surface area contributed by atoms with Crippen molar-refractivity contribution in [3.05, 3.63) is 29.8 Å². The van der Waals surface area contributed by atoms with Gasteiger partial charge in [-0.2, -0.15) is 0 Å². The Kier molecular flexibility index (Phi) is 4.64. The molecule has 0 heterocycles. The molecule has 2 atom stereocenters. The number of rotatable bonds is 4. The molecular weight excluding hydrogens is 260 g/mol. The first kappa shape index (κ1) is 14.1. The summed E-state index contributed by atoms with van der Waals surface area (Å²) in [5.41, 5.74) is 0.674. The van der Waals surface area contributed by atoms with E-state index >= 15 is 0 Å². The molecule has 0 saturated heterocycles. The predicted octanol–water partition coefficient (Wildman–Crippen LogP) is 3.48. The van der Waals surface area contributed by atoms with Crippen LogP contribution in [0.3, 0.4) is 0 Å². The molecule has 0 aliphatic heterocycles. The lowest BCUT2D eigenvalue weighted by atomic mass is 9.75. The summed E-state index contributed by atoms with van der Waals surface area (Å²) in [5.74, 6) is -1.72. The van der Waals surface area contributed by atoms with Crippen molar-refractivity contribution in [3.8, 4) is 0 Å². The normalized spacial score (nSPS) is 23.0. The van der Waals surface area contributed by atoms with Crippen LogP contribution in [0.5, 0.6) is 0 Å². The maximum atomic E-state index is 12.6. The van der Waals surface area contributed by atoms with E-state index < -0.39 is 11.9 Å². The summed E-state index contributed by atoms with van der Waals surface area (Å²) in [6.45, 7) is 0. The predicted molar refractivity (Wildman–Crippen MR) is 75.6 cm³/mol. The molecule has 2 rings (SSSR count). The fraction of sp³-hybridized carbons (Fsp3) is 0.467. The van der Waals surface area contributed by atoms with E-state index in [0.717, 1.165) is 17.7 Å². The summed E-state index contributed by atoms with van der Waals surface area (Å²) >= 11 is 1.53. The van der Waals surface area contributed by atoms with Crippen LogP contribution in [0.2, 0.25) is 0 Å². The second kappa shape index (κ2) is 6.24. The molecule has 0 aromatic heterocycles. The van der Waals surface area contributed by atoms with Gasteiger partial charge < -0.3 is 5.11 Å². The SMILES string of the molecule is CSc1ccccc1C(=O)[C@H]1CCCC[C@H]1C(=O)O. The van der Waals surface area contributed by atoms with Crippen molar-refractivity contribution >= 4 is 23.5 Å². The number of thioether (sulfide) groups is 1. The second-order valence-electron chi connectivity index (χ2n) is 4.90. The van der Waals surface area contributed by atoms with Gasteiger partial charge in [-0.3, -0.25) is 9.59 Å². The zero-order valence-electron chi connectivity index (χ0n) is 11.0. The first-order valence-corrected chi connectivity index (χ1v) is 7.77. The Balaban J connectivity index is 2.29. The zero-order chi connectivity index (χ0) is 13.8. The van der Waals surface area contributed by atoms with Gasteiger partial charge in [-0.15, -0.1) is 11.8 Å². The van der Waals surface area contributed by atoms with Crippen LogP contribution in [0, 0.1) is 11.8 Å². The average molecular weight is 278 g/mol. The van der Waals surface area contributed by atoms with Crippen LogP contribution in [0.1, 0.15) is 36.0 Å². The molecule has 0 unspecified atom stereocenters. The van der Waals surface area contributed by atoms with Crippen molar-refractivity contribution in [1.82, 2.24) is 0 Å². The minimum absolute atomic E-state index is 0.00273. The number of Topliss-reactive ketones (excluding diaryl/α,β-unsaturated/α-hetero) is 1. The standard InChI is InChI=1S/C15H18O3S/c1-19-13-9-5-4-8-12(13)14(16)10-6-2-3-7-11(10)15(17)18/h4-5,8-11H,2-3,6-7H2,1H3,(H,17,18)/t10-,11+/m0/s1. The molecule has 102 valence electrons. The molecule has 0 bridgehead atoms. The van der Waals surface area contributed by atoms with Crippen LogP contribution in [0.15, 0.2) is 29.2 Å². The summed E-state index contributed by atoms with van der Waals surface area (Å²) in [5, 5.41) is 9.27. The van der Waals surface area contributed by atoms with Crippen molar-refractivity contribution in [1.29, 1.82) is 0 Å². The number of carboxylic acid groups (broad SMARTS) is 1. The van der Waals surface area contributed by atoms with Gasteiger partial charge >= 0.3 is 5.97 Å². The van der Waals surface area contributed by atoms with Gasteiger partial charge in [0, 0.05) is 16.4 Å². The van der Waals surface area contributed by atoms with Crippen LogP contribution in [-0.2, 0) is 4.79 Å². The molecule has 1 aromatic rings. The second-order valence-corrected chi connectivity index (χ2v) is 5.75. The Labute approximate surface area is 117 Å². The van der Waals surface area contributed by atoms with Gasteiger partial charge in [0.15, 0.2) is 5.78 Å². The monoisotopic (exact) mass is 278 g/mol. The Morgan fingerprint density at radius 1 is 1.16 bits per heavy atom. The molecule has 1 N–H and O–H groups in total. The smallest absolute Gasteiger partial charge is 0.307 e. The van der Waals surface area contributed by atoms with Crippen LogP contribution in [-0.4, -0.2) is 23.1 Å². The molecule has 19 heavy (non-hydrogen) atoms. The summed E-state index contributed by atoms with van der Waals surface area (Å²) in [7, 11) is 0. The third-order valence-corrected chi connectivity index (χ3v) is 4.59. The minimum atomic E-state index is -0.834. The van der Waals surface area contributed by atoms with Crippen molar-refractivity contribution in [2.75, 3.05) is 6.26 Å². The average Bonchev–Trinajstić information content (AvgIpc) is 2.46. The lowest BCUT2D eigenvalue weighted by molar-refractivity contribution is -0.144. The number of benzene rings is 1. The summed E-state index contributed by atoms with van der Waals surface area (Å²) in [6.07, 6.45) is 5.10. The molecule has 1 saturated carbocycles. The van der Waals surface area contributed by atoms with E-state index in [9.17, 15) is 14.7 Å². The Morgan fingerprint density at radius 2 is 1.79 bits per heavy atom. The van der Waals surface area contributed by atoms with E-state index in [0.29, 0.717) is 18.4 Å². The fourth-order valence-corrected chi connectivity index (χ4v) is 3.39. The fourth-order valence-electron chi connectivity index (χ4n) is 2.79. The summed E-state index contributed by atoms with van der Waals surface area (Å²) in [4.78, 5) is 24.8. The topological polar surface area (TPSA) is 54.4 Å². The number of hydrogen-bond acceptors (Lipinski definition) is 3. The molecule has 3 nitrogen and oxygen atoms in total. The first-order valence-electron chi connectivity index (χ1n) is 6.55. The molecule has 1 aromatic carbocycles. The molecule has 0 radical (unpaired) electrons. The zero-order valence-corrected chi connectivity index (χ0v) is 11.8. The number of aliphatic carboxylic acids is 1. The van der Waals surface area contributed by atoms with Gasteiger partial charge in [-0.25, -0.2) is 0 Å². The number of carbonyl (C=O) groups excluding carboxylic acids is 1. The molecular formula is C15H18O3S. The summed E-state index contributed by atoms with van der Waals surface area (Å²) < 4.78 is 0. The minimum Gasteiger partial charge on any atom is -0.481 e. The first-order chi connectivity index (χ1) is 9.15. The molecule has 1 aliphatic carbocycles. The third-order valence-electron chi connectivity index (χ3n) is 3.79. The molecule has 0 amide bonds. The van der Waals surface area contributed by atoms with Crippen molar-refractivity contribution in [3.63, 3.8) is 0 Å². The summed E-state index contributed by atoms with van der Waals surface area (Å²) in [6, 6.07) is 7.46. The highest BCUT2D eigenvalue weighted by Crippen LogP contribution is 2.34. The third kappa shape index (κ3) is 3.00. The van der Waals surface area contributed by atoms with Crippen molar-refractivity contribution in [2.45, 2.75) is 30.6 Å². The largest absolute Gasteiger partial charge is 0.481 e. The van der Waals surface area contributed by atoms with E-state index in [1.54, 1.807) is 0 Å². The molecule has 4 heteroatoms. The Hall–Kier alpha value is -1.29. The highest BCUT2D eigenvalue weighted by atomic mass is 32.2. The number of hydrogen-bond donors (Lipinski definition) is 1. The quantitative estimate of drug-likeness (QED) is 0.676. The Morgan fingerprint density at radius 3 is 2.42 bits per heavy atom. The number of carboxylic acids is 1. The highest BCUT2D eigenvalue weighted by Gasteiger charge is 2.36. The van der Waals surface area contributed by atoms with Gasteiger partial charge in [0.05, 0.1) is 5.92 Å². The van der Waals surface area contributed by atoms with E-state index in [2.05, 4.69) is 0 Å². The van der Waals surface area contributed by atoms with E-state index in [4.69, 9.17) is 0 Å². The Bertz CT molecular complexity index is 484. The van der Waals surface area contributed by atoms with Gasteiger partial charge in [-0.05, 0) is 25.2 Å². The number of carbonyl (C=O) groups is 2. The van der Waals surface area contributed by atoms with Gasteiger partial charge in [0.25, 0.3) is 0 Å².